The third kappa shape index (κ3) is 6.83. The van der Waals surface area contributed by atoms with Gasteiger partial charge in [0.1, 0.15) is 0 Å². The lowest BCUT2D eigenvalue weighted by atomic mass is 9.93. The van der Waals surface area contributed by atoms with E-state index in [9.17, 15) is 36.1 Å². The largest absolute Gasteiger partial charge is 0.427 e. The SMILES string of the molecule is CC.O=C(Cc1ccc(S(=O)CC2CC2)cc1)Nc1ccc([C@](O)(C(F)F)C(F)(F)F)cc1. The Bertz CT molecular complexity index is 944. The van der Waals surface area contributed by atoms with E-state index in [2.05, 4.69) is 5.32 Å². The second kappa shape index (κ2) is 11.2. The van der Waals surface area contributed by atoms with Gasteiger partial charge in [-0.3, -0.25) is 9.00 Å². The van der Waals surface area contributed by atoms with Crippen LogP contribution in [0.3, 0.4) is 0 Å². The molecule has 33 heavy (non-hydrogen) atoms. The number of benzene rings is 2. The molecule has 1 aliphatic carbocycles. The van der Waals surface area contributed by atoms with Crippen molar-refractivity contribution in [2.24, 2.45) is 5.92 Å². The third-order valence-corrected chi connectivity index (χ3v) is 6.56. The first kappa shape index (κ1) is 26.9. The number of rotatable bonds is 8. The van der Waals surface area contributed by atoms with Crippen molar-refractivity contribution in [3.63, 3.8) is 0 Å². The Morgan fingerprint density at radius 1 is 1.06 bits per heavy atom. The highest BCUT2D eigenvalue weighted by Gasteiger charge is 2.61. The average Bonchev–Trinajstić information content (AvgIpc) is 3.58. The summed E-state index contributed by atoms with van der Waals surface area (Å²) in [4.78, 5) is 12.9. The van der Waals surface area contributed by atoms with E-state index in [-0.39, 0.29) is 12.1 Å². The first-order valence-corrected chi connectivity index (χ1v) is 11.8. The molecule has 2 aromatic carbocycles. The maximum atomic E-state index is 12.9. The fraction of sp³-hybridized carbons (Fsp3) is 0.435. The number of carbonyl (C=O) groups is 1. The quantitative estimate of drug-likeness (QED) is 0.484. The summed E-state index contributed by atoms with van der Waals surface area (Å²) in [7, 11) is -1.08. The number of carbonyl (C=O) groups excluding carboxylic acids is 1. The number of hydrogen-bond acceptors (Lipinski definition) is 3. The highest BCUT2D eigenvalue weighted by molar-refractivity contribution is 7.85. The van der Waals surface area contributed by atoms with Gasteiger partial charge in [0.15, 0.2) is 0 Å². The summed E-state index contributed by atoms with van der Waals surface area (Å²) < 4.78 is 76.7. The third-order valence-electron chi connectivity index (χ3n) is 4.99. The molecule has 0 aliphatic heterocycles. The van der Waals surface area contributed by atoms with Crippen LogP contribution in [0.1, 0.15) is 37.8 Å². The molecule has 10 heteroatoms. The Morgan fingerprint density at radius 3 is 2.06 bits per heavy atom. The van der Waals surface area contributed by atoms with Crippen LogP contribution in [0.15, 0.2) is 53.4 Å². The van der Waals surface area contributed by atoms with E-state index >= 15 is 0 Å². The molecule has 182 valence electrons. The molecule has 1 saturated carbocycles. The van der Waals surface area contributed by atoms with Gasteiger partial charge < -0.3 is 10.4 Å². The second-order valence-electron chi connectivity index (χ2n) is 7.47. The van der Waals surface area contributed by atoms with Crippen molar-refractivity contribution < 1.29 is 36.1 Å². The van der Waals surface area contributed by atoms with E-state index in [1.165, 1.54) is 0 Å². The number of aliphatic hydroxyl groups is 1. The van der Waals surface area contributed by atoms with Crippen LogP contribution in [-0.2, 0) is 27.6 Å². The number of halogens is 5. The zero-order chi connectivity index (χ0) is 24.8. The molecule has 3 rings (SSSR count). The summed E-state index contributed by atoms with van der Waals surface area (Å²) in [5.74, 6) is 0.676. The number of alkyl halides is 5. The van der Waals surface area contributed by atoms with Crippen LogP contribution in [0.5, 0.6) is 0 Å². The summed E-state index contributed by atoms with van der Waals surface area (Å²) in [6.07, 6.45) is -7.48. The summed E-state index contributed by atoms with van der Waals surface area (Å²) >= 11 is 0. The van der Waals surface area contributed by atoms with Crippen LogP contribution >= 0.6 is 0 Å². The molecule has 0 spiro atoms. The van der Waals surface area contributed by atoms with Gasteiger partial charge >= 0.3 is 6.18 Å². The van der Waals surface area contributed by atoms with Gasteiger partial charge in [0.05, 0.1) is 17.2 Å². The maximum Gasteiger partial charge on any atom is 0.427 e. The maximum absolute atomic E-state index is 12.9. The number of nitrogens with one attached hydrogen (secondary N) is 1. The summed E-state index contributed by atoms with van der Waals surface area (Å²) in [6.45, 7) is 4.00. The minimum absolute atomic E-state index is 0.0409. The van der Waals surface area contributed by atoms with Crippen LogP contribution in [0.2, 0.25) is 0 Å². The standard InChI is InChI=1S/C21H20F5NO3S.C2H6/c22-19(23)20(29,21(24,25)26)15-5-7-16(8-6-15)27-18(28)11-13-3-9-17(10-4-13)31(30)12-14-1-2-14;1-2/h3-10,14,19,29H,1-2,11-12H2,(H,27,28);1-2H3/t20-,31?;/m0./s1. The van der Waals surface area contributed by atoms with Gasteiger partial charge in [0.2, 0.25) is 11.5 Å². The van der Waals surface area contributed by atoms with Gasteiger partial charge in [-0.15, -0.1) is 0 Å². The average molecular weight is 492 g/mol. The fourth-order valence-corrected chi connectivity index (χ4v) is 4.36. The summed E-state index contributed by atoms with van der Waals surface area (Å²) in [5.41, 5.74) is -4.58. The lowest BCUT2D eigenvalue weighted by molar-refractivity contribution is -0.305. The minimum atomic E-state index is -5.57. The summed E-state index contributed by atoms with van der Waals surface area (Å²) in [6, 6.07) is 10.1. The van der Waals surface area contributed by atoms with E-state index < -0.39 is 40.5 Å². The number of hydrogen-bond donors (Lipinski definition) is 2. The van der Waals surface area contributed by atoms with E-state index in [0.29, 0.717) is 34.3 Å². The van der Waals surface area contributed by atoms with Gasteiger partial charge in [-0.2, -0.15) is 13.2 Å². The molecule has 2 atom stereocenters. The highest BCUT2D eigenvalue weighted by Crippen LogP contribution is 2.43. The van der Waals surface area contributed by atoms with E-state index in [4.69, 9.17) is 0 Å². The van der Waals surface area contributed by atoms with Crippen molar-refractivity contribution in [2.45, 2.75) is 56.2 Å². The molecule has 0 bridgehead atoms. The van der Waals surface area contributed by atoms with Crippen molar-refractivity contribution >= 4 is 22.4 Å². The first-order valence-electron chi connectivity index (χ1n) is 10.5. The molecule has 1 amide bonds. The van der Waals surface area contributed by atoms with E-state index in [1.54, 1.807) is 24.3 Å². The molecule has 0 heterocycles. The number of amides is 1. The Morgan fingerprint density at radius 2 is 1.61 bits per heavy atom. The number of anilines is 1. The molecule has 1 unspecified atom stereocenters. The first-order chi connectivity index (χ1) is 15.5. The Hall–Kier alpha value is -2.33. The second-order valence-corrected chi connectivity index (χ2v) is 8.96. The topological polar surface area (TPSA) is 66.4 Å². The molecular formula is C23H26F5NO3S. The molecule has 4 nitrogen and oxygen atoms in total. The van der Waals surface area contributed by atoms with Crippen molar-refractivity contribution in [1.82, 2.24) is 0 Å². The molecule has 0 saturated heterocycles. The molecule has 1 aliphatic rings. The molecule has 1 fully saturated rings. The fourth-order valence-electron chi connectivity index (χ4n) is 2.97. The van der Waals surface area contributed by atoms with Crippen molar-refractivity contribution in [3.8, 4) is 0 Å². The van der Waals surface area contributed by atoms with Crippen molar-refractivity contribution in [2.75, 3.05) is 11.1 Å². The normalized spacial score (nSPS) is 16.4. The Labute approximate surface area is 191 Å². The van der Waals surface area contributed by atoms with E-state index in [1.807, 2.05) is 13.8 Å². The van der Waals surface area contributed by atoms with Crippen LogP contribution < -0.4 is 5.32 Å². The zero-order valence-electron chi connectivity index (χ0n) is 18.2. The zero-order valence-corrected chi connectivity index (χ0v) is 19.0. The van der Waals surface area contributed by atoms with Crippen LogP contribution in [-0.4, -0.2) is 33.6 Å². The van der Waals surface area contributed by atoms with Crippen molar-refractivity contribution in [3.05, 3.63) is 59.7 Å². The monoisotopic (exact) mass is 491 g/mol. The lowest BCUT2D eigenvalue weighted by Gasteiger charge is -2.30. The Balaban J connectivity index is 0.00000187. The van der Waals surface area contributed by atoms with Gasteiger partial charge in [-0.25, -0.2) is 8.78 Å². The van der Waals surface area contributed by atoms with Gasteiger partial charge in [0, 0.05) is 16.3 Å². The lowest BCUT2D eigenvalue weighted by Crippen LogP contribution is -2.48. The van der Waals surface area contributed by atoms with Gasteiger partial charge in [-0.1, -0.05) is 38.1 Å². The molecule has 0 aromatic heterocycles. The van der Waals surface area contributed by atoms with Gasteiger partial charge in [-0.05, 0) is 54.2 Å². The van der Waals surface area contributed by atoms with Gasteiger partial charge in [0.25, 0.3) is 6.43 Å². The van der Waals surface area contributed by atoms with Crippen LogP contribution in [0.4, 0.5) is 27.6 Å². The highest BCUT2D eigenvalue weighted by atomic mass is 32.2. The van der Waals surface area contributed by atoms with Crippen LogP contribution in [0, 0.1) is 5.92 Å². The van der Waals surface area contributed by atoms with E-state index in [0.717, 1.165) is 25.0 Å². The predicted octanol–water partition coefficient (Wildman–Crippen LogP) is 5.43. The smallest absolute Gasteiger partial charge is 0.372 e. The van der Waals surface area contributed by atoms with Crippen LogP contribution in [0.25, 0.3) is 0 Å². The minimum Gasteiger partial charge on any atom is -0.372 e. The summed E-state index contributed by atoms with van der Waals surface area (Å²) in [5, 5.41) is 12.0. The molecular weight excluding hydrogens is 465 g/mol. The molecule has 2 aromatic rings. The Kier molecular flexibility index (Phi) is 9.13. The van der Waals surface area contributed by atoms with Crippen molar-refractivity contribution in [1.29, 1.82) is 0 Å². The predicted molar refractivity (Wildman–Crippen MR) is 117 cm³/mol. The molecule has 2 N–H and O–H groups in total. The molecule has 0 radical (unpaired) electrons.